The Labute approximate surface area is 142 Å². The van der Waals surface area contributed by atoms with E-state index in [1.54, 1.807) is 12.1 Å². The van der Waals surface area contributed by atoms with E-state index in [2.05, 4.69) is 10.0 Å². The first-order chi connectivity index (χ1) is 11.4. The van der Waals surface area contributed by atoms with E-state index >= 15 is 0 Å². The van der Waals surface area contributed by atoms with Gasteiger partial charge in [-0.3, -0.25) is 4.18 Å². The summed E-state index contributed by atoms with van der Waals surface area (Å²) in [7, 11) is -3.99. The summed E-state index contributed by atoms with van der Waals surface area (Å²) in [5.74, 6) is 0. The summed E-state index contributed by atoms with van der Waals surface area (Å²) in [5, 5.41) is 13.4. The van der Waals surface area contributed by atoms with Crippen LogP contribution in [0.25, 0.3) is 10.4 Å². The minimum absolute atomic E-state index is 0.00136. The van der Waals surface area contributed by atoms with Crippen LogP contribution in [0.3, 0.4) is 0 Å². The largest absolute Gasteiger partial charge is 0.390 e. The van der Waals surface area contributed by atoms with Crippen LogP contribution in [-0.4, -0.2) is 45.5 Å². The van der Waals surface area contributed by atoms with Crippen molar-refractivity contribution in [2.75, 3.05) is 19.8 Å². The van der Waals surface area contributed by atoms with Gasteiger partial charge in [0.15, 0.2) is 0 Å². The number of unbranched alkanes of at least 4 members (excludes halogenated alkanes) is 1. The number of ether oxygens (including phenoxy) is 1. The molecule has 9 heteroatoms. The Morgan fingerprint density at radius 2 is 1.96 bits per heavy atom. The van der Waals surface area contributed by atoms with Gasteiger partial charge in [-0.15, -0.1) is 0 Å². The second kappa shape index (κ2) is 10.3. The first-order valence-electron chi connectivity index (χ1n) is 7.66. The Morgan fingerprint density at radius 3 is 2.54 bits per heavy atom. The third-order valence-electron chi connectivity index (χ3n) is 3.28. The van der Waals surface area contributed by atoms with Crippen molar-refractivity contribution in [2.24, 2.45) is 5.11 Å². The van der Waals surface area contributed by atoms with Crippen LogP contribution in [0.2, 0.25) is 0 Å². The van der Waals surface area contributed by atoms with Crippen molar-refractivity contribution in [3.8, 4) is 0 Å². The average Bonchev–Trinajstić information content (AvgIpc) is 2.55. The molecule has 0 spiro atoms. The Bertz CT molecular complexity index is 642. The number of aliphatic hydroxyl groups is 1. The molecule has 1 rings (SSSR count). The quantitative estimate of drug-likeness (QED) is 0.214. The standard InChI is InChI=1S/C15H23N3O5S/c1-3-4-9-22-11-15(19)14(17-18-16)10-23-24(20,21)13-7-5-12(2)6-8-13/h5-8,14-15,19H,3-4,9-11H2,1-2H3/t14-,15-/m1/s1. The number of benzene rings is 1. The molecule has 0 saturated heterocycles. The third kappa shape index (κ3) is 6.86. The molecule has 0 aliphatic rings. The van der Waals surface area contributed by atoms with Gasteiger partial charge in [0, 0.05) is 11.5 Å². The highest BCUT2D eigenvalue weighted by molar-refractivity contribution is 7.86. The molecule has 0 aromatic heterocycles. The second-order valence-electron chi connectivity index (χ2n) is 5.32. The van der Waals surface area contributed by atoms with Crippen LogP contribution in [0.15, 0.2) is 34.3 Å². The summed E-state index contributed by atoms with van der Waals surface area (Å²) in [6.45, 7) is 3.80. The molecule has 0 bridgehead atoms. The Hall–Kier alpha value is -1.64. The van der Waals surface area contributed by atoms with Crippen molar-refractivity contribution >= 4 is 10.1 Å². The molecule has 134 valence electrons. The van der Waals surface area contributed by atoms with Gasteiger partial charge < -0.3 is 9.84 Å². The molecule has 0 saturated carbocycles. The molecule has 2 atom stereocenters. The normalized spacial score (nSPS) is 14.0. The van der Waals surface area contributed by atoms with Crippen LogP contribution in [-0.2, 0) is 19.0 Å². The maximum Gasteiger partial charge on any atom is 0.296 e. The fourth-order valence-corrected chi connectivity index (χ4v) is 2.71. The zero-order valence-corrected chi connectivity index (χ0v) is 14.6. The van der Waals surface area contributed by atoms with Crippen LogP contribution >= 0.6 is 0 Å². The van der Waals surface area contributed by atoms with Crippen LogP contribution in [0.5, 0.6) is 0 Å². The number of rotatable bonds is 11. The van der Waals surface area contributed by atoms with Gasteiger partial charge in [0.05, 0.1) is 30.3 Å². The Kier molecular flexibility index (Phi) is 8.73. The first kappa shape index (κ1) is 20.4. The van der Waals surface area contributed by atoms with Crippen molar-refractivity contribution in [1.29, 1.82) is 0 Å². The zero-order valence-electron chi connectivity index (χ0n) is 13.8. The molecule has 0 aliphatic carbocycles. The number of hydrogen-bond donors (Lipinski definition) is 1. The summed E-state index contributed by atoms with van der Waals surface area (Å²) in [4.78, 5) is 2.62. The molecule has 8 nitrogen and oxygen atoms in total. The highest BCUT2D eigenvalue weighted by Gasteiger charge is 2.23. The van der Waals surface area contributed by atoms with E-state index in [0.717, 1.165) is 18.4 Å². The lowest BCUT2D eigenvalue weighted by molar-refractivity contribution is 0.0148. The van der Waals surface area contributed by atoms with Crippen molar-refractivity contribution < 1.29 is 22.4 Å². The van der Waals surface area contributed by atoms with Gasteiger partial charge in [-0.05, 0) is 31.0 Å². The molecule has 0 fully saturated rings. The van der Waals surface area contributed by atoms with Gasteiger partial charge in [0.25, 0.3) is 10.1 Å². The molecular formula is C15H23N3O5S. The summed E-state index contributed by atoms with van der Waals surface area (Å²) >= 11 is 0. The summed E-state index contributed by atoms with van der Waals surface area (Å²) in [6.07, 6.45) is 0.649. The van der Waals surface area contributed by atoms with E-state index in [1.807, 2.05) is 13.8 Å². The molecule has 1 N–H and O–H groups in total. The number of hydrogen-bond acceptors (Lipinski definition) is 6. The van der Waals surface area contributed by atoms with E-state index in [1.165, 1.54) is 12.1 Å². The van der Waals surface area contributed by atoms with Crippen LogP contribution < -0.4 is 0 Å². The van der Waals surface area contributed by atoms with Crippen molar-refractivity contribution in [3.05, 3.63) is 40.3 Å². The van der Waals surface area contributed by atoms with E-state index in [4.69, 9.17) is 14.5 Å². The summed E-state index contributed by atoms with van der Waals surface area (Å²) < 4.78 is 34.4. The Morgan fingerprint density at radius 1 is 1.29 bits per heavy atom. The predicted molar refractivity (Wildman–Crippen MR) is 89.0 cm³/mol. The minimum Gasteiger partial charge on any atom is -0.390 e. The van der Waals surface area contributed by atoms with E-state index in [9.17, 15) is 13.5 Å². The topological polar surface area (TPSA) is 122 Å². The van der Waals surface area contributed by atoms with Gasteiger partial charge in [-0.2, -0.15) is 8.42 Å². The predicted octanol–water partition coefficient (Wildman–Crippen LogP) is 2.56. The third-order valence-corrected chi connectivity index (χ3v) is 4.57. The maximum absolute atomic E-state index is 12.1. The molecule has 0 heterocycles. The lowest BCUT2D eigenvalue weighted by Crippen LogP contribution is -2.33. The molecule has 0 aliphatic heterocycles. The maximum atomic E-state index is 12.1. The summed E-state index contributed by atoms with van der Waals surface area (Å²) in [6, 6.07) is 5.10. The number of aliphatic hydroxyl groups excluding tert-OH is 1. The number of aryl methyl sites for hydroxylation is 1. The highest BCUT2D eigenvalue weighted by Crippen LogP contribution is 2.15. The minimum atomic E-state index is -3.99. The fourth-order valence-electron chi connectivity index (χ4n) is 1.78. The van der Waals surface area contributed by atoms with Gasteiger partial charge in [-0.25, -0.2) is 0 Å². The monoisotopic (exact) mass is 357 g/mol. The molecule has 1 aromatic rings. The SMILES string of the molecule is CCCCOC[C@@H](O)[C@@H](COS(=O)(=O)c1ccc(C)cc1)N=[N+]=[N-]. The van der Waals surface area contributed by atoms with Crippen LogP contribution in [0.4, 0.5) is 0 Å². The molecule has 1 aromatic carbocycles. The highest BCUT2D eigenvalue weighted by atomic mass is 32.2. The molecule has 24 heavy (non-hydrogen) atoms. The van der Waals surface area contributed by atoms with Crippen molar-refractivity contribution in [3.63, 3.8) is 0 Å². The zero-order chi connectivity index (χ0) is 18.0. The smallest absolute Gasteiger partial charge is 0.296 e. The molecule has 0 amide bonds. The van der Waals surface area contributed by atoms with Gasteiger partial charge in [0.2, 0.25) is 0 Å². The van der Waals surface area contributed by atoms with Gasteiger partial charge >= 0.3 is 0 Å². The molecule has 0 unspecified atom stereocenters. The van der Waals surface area contributed by atoms with Crippen LogP contribution in [0, 0.1) is 6.92 Å². The first-order valence-corrected chi connectivity index (χ1v) is 9.07. The lowest BCUT2D eigenvalue weighted by Gasteiger charge is -2.18. The fraction of sp³-hybridized carbons (Fsp3) is 0.600. The van der Waals surface area contributed by atoms with Gasteiger partial charge in [-0.1, -0.05) is 36.2 Å². The van der Waals surface area contributed by atoms with E-state index < -0.39 is 28.9 Å². The van der Waals surface area contributed by atoms with Crippen molar-refractivity contribution in [1.82, 2.24) is 0 Å². The second-order valence-corrected chi connectivity index (χ2v) is 6.94. The average molecular weight is 357 g/mol. The van der Waals surface area contributed by atoms with Gasteiger partial charge in [0.1, 0.15) is 0 Å². The molecular weight excluding hydrogens is 334 g/mol. The van der Waals surface area contributed by atoms with E-state index in [0.29, 0.717) is 6.61 Å². The number of azide groups is 1. The lowest BCUT2D eigenvalue weighted by atomic mass is 10.2. The summed E-state index contributed by atoms with van der Waals surface area (Å²) in [5.41, 5.74) is 9.49. The van der Waals surface area contributed by atoms with Crippen molar-refractivity contribution in [2.45, 2.75) is 43.7 Å². The van der Waals surface area contributed by atoms with Crippen LogP contribution in [0.1, 0.15) is 25.3 Å². The molecule has 0 radical (unpaired) electrons. The number of nitrogens with zero attached hydrogens (tertiary/aromatic N) is 3. The van der Waals surface area contributed by atoms with E-state index in [-0.39, 0.29) is 11.5 Å². The Balaban J connectivity index is 2.64.